The average Bonchev–Trinajstić information content (AvgIpc) is 3.48. The minimum absolute atomic E-state index is 0.0618. The second-order valence-electron chi connectivity index (χ2n) is 12.4. The summed E-state index contributed by atoms with van der Waals surface area (Å²) in [6, 6.07) is 3.89. The first-order valence-electron chi connectivity index (χ1n) is 19.4. The van der Waals surface area contributed by atoms with E-state index in [-0.39, 0.29) is 30.6 Å². The van der Waals surface area contributed by atoms with Crippen molar-refractivity contribution in [1.29, 1.82) is 0 Å². The molecule has 1 fully saturated rings. The summed E-state index contributed by atoms with van der Waals surface area (Å²) >= 11 is 0. The van der Waals surface area contributed by atoms with Gasteiger partial charge in [0.05, 0.1) is 157 Å². The minimum Gasteiger partial charge on any atom is -0.467 e. The summed E-state index contributed by atoms with van der Waals surface area (Å²) in [6.07, 6.45) is 0.161. The van der Waals surface area contributed by atoms with E-state index in [0.717, 1.165) is 4.90 Å². The number of carbonyl (C=O) groups is 5. The van der Waals surface area contributed by atoms with Crippen molar-refractivity contribution in [2.24, 2.45) is 0 Å². The smallest absolute Gasteiger partial charge is 0.331 e. The molecule has 1 aromatic carbocycles. The number of carbonyl (C=O) groups excluding carboxylic acids is 5. The van der Waals surface area contributed by atoms with Crippen molar-refractivity contribution < 1.29 is 80.8 Å². The Morgan fingerprint density at radius 3 is 1.43 bits per heavy atom. The zero-order valence-electron chi connectivity index (χ0n) is 33.4. The number of nitrogens with zero attached hydrogens (tertiary/aromatic N) is 1. The first-order valence-corrected chi connectivity index (χ1v) is 19.4. The van der Waals surface area contributed by atoms with Gasteiger partial charge >= 0.3 is 5.97 Å². The fourth-order valence-corrected chi connectivity index (χ4v) is 5.33. The monoisotopic (exact) mass is 829 g/mol. The highest BCUT2D eigenvalue weighted by Gasteiger charge is 2.45. The van der Waals surface area contributed by atoms with E-state index in [1.165, 1.54) is 7.11 Å². The molecule has 0 aromatic heterocycles. The molecule has 2 aliphatic heterocycles. The first kappa shape index (κ1) is 48.7. The summed E-state index contributed by atoms with van der Waals surface area (Å²) in [5, 5.41) is 5.32. The van der Waals surface area contributed by atoms with Crippen LogP contribution in [0.3, 0.4) is 0 Å². The highest BCUT2D eigenvalue weighted by molar-refractivity contribution is 6.25. The average molecular weight is 830 g/mol. The number of nitrogens with one attached hydrogen (secondary N) is 2. The van der Waals surface area contributed by atoms with Crippen molar-refractivity contribution in [2.45, 2.75) is 18.9 Å². The number of piperidine rings is 1. The molecular formula is C38H59N3O17. The number of amides is 4. The number of esters is 1. The van der Waals surface area contributed by atoms with E-state index in [0.29, 0.717) is 151 Å². The minimum atomic E-state index is -1.01. The maximum Gasteiger partial charge on any atom is 0.331 e. The van der Waals surface area contributed by atoms with Crippen LogP contribution in [-0.4, -0.2) is 200 Å². The van der Waals surface area contributed by atoms with Crippen LogP contribution in [0.4, 0.5) is 5.69 Å². The van der Waals surface area contributed by atoms with Gasteiger partial charge in [-0.3, -0.25) is 29.4 Å². The summed E-state index contributed by atoms with van der Waals surface area (Å²) < 4.78 is 64.2. The summed E-state index contributed by atoms with van der Waals surface area (Å²) in [5.74, 6) is -2.60. The number of imide groups is 2. The maximum atomic E-state index is 13.2. The zero-order valence-corrected chi connectivity index (χ0v) is 33.4. The van der Waals surface area contributed by atoms with Crippen LogP contribution in [0, 0.1) is 0 Å². The predicted molar refractivity (Wildman–Crippen MR) is 203 cm³/mol. The van der Waals surface area contributed by atoms with E-state index in [4.69, 9.17) is 52.1 Å². The molecular weight excluding hydrogens is 770 g/mol. The van der Waals surface area contributed by atoms with Gasteiger partial charge in [0, 0.05) is 18.7 Å². The Balaban J connectivity index is 0.991. The van der Waals surface area contributed by atoms with Crippen molar-refractivity contribution in [2.75, 3.05) is 164 Å². The Morgan fingerprint density at radius 1 is 0.603 bits per heavy atom. The topological polar surface area (TPSA) is 223 Å². The van der Waals surface area contributed by atoms with Crippen LogP contribution in [-0.2, 0) is 71.2 Å². The molecule has 0 radical (unpaired) electrons. The van der Waals surface area contributed by atoms with E-state index < -0.39 is 35.6 Å². The van der Waals surface area contributed by atoms with Gasteiger partial charge in [-0.25, -0.2) is 4.79 Å². The molecule has 1 aromatic rings. The van der Waals surface area contributed by atoms with E-state index in [1.54, 1.807) is 18.2 Å². The second-order valence-corrected chi connectivity index (χ2v) is 12.4. The molecule has 20 heteroatoms. The predicted octanol–water partition coefficient (Wildman–Crippen LogP) is -0.145. The lowest BCUT2D eigenvalue weighted by atomic mass is 10.0. The number of hydrogen-bond acceptors (Lipinski definition) is 18. The van der Waals surface area contributed by atoms with Crippen molar-refractivity contribution in [3.63, 3.8) is 0 Å². The molecule has 1 unspecified atom stereocenters. The highest BCUT2D eigenvalue weighted by Crippen LogP contribution is 2.32. The molecule has 328 valence electrons. The van der Waals surface area contributed by atoms with Crippen LogP contribution in [0.15, 0.2) is 18.2 Å². The van der Waals surface area contributed by atoms with E-state index in [1.807, 2.05) is 0 Å². The molecule has 20 nitrogen and oxygen atoms in total. The number of fused-ring (bicyclic) bond motifs is 1. The summed E-state index contributed by atoms with van der Waals surface area (Å²) in [7, 11) is 1.31. The van der Waals surface area contributed by atoms with Gasteiger partial charge in [0.2, 0.25) is 11.8 Å². The Kier molecular flexibility index (Phi) is 26.3. The van der Waals surface area contributed by atoms with Crippen LogP contribution >= 0.6 is 0 Å². The van der Waals surface area contributed by atoms with Crippen LogP contribution in [0.5, 0.6) is 0 Å². The second kappa shape index (κ2) is 31.3. The van der Waals surface area contributed by atoms with Crippen molar-refractivity contribution in [3.8, 4) is 0 Å². The lowest BCUT2D eigenvalue weighted by Gasteiger charge is -2.27. The molecule has 2 N–H and O–H groups in total. The SMILES string of the molecule is COC(=O)COCCOCCOCCOCCOCCOCCOCCOCCOCCOCCOCCNc1cccc2c1C(=O)N(C1CCC(=O)NC1=O)C2=O. The van der Waals surface area contributed by atoms with Gasteiger partial charge in [-0.2, -0.15) is 0 Å². The van der Waals surface area contributed by atoms with Crippen molar-refractivity contribution in [3.05, 3.63) is 29.3 Å². The van der Waals surface area contributed by atoms with E-state index >= 15 is 0 Å². The third-order valence-corrected chi connectivity index (χ3v) is 8.20. The lowest BCUT2D eigenvalue weighted by Crippen LogP contribution is -2.54. The Morgan fingerprint density at radius 2 is 1.02 bits per heavy atom. The van der Waals surface area contributed by atoms with Gasteiger partial charge in [0.25, 0.3) is 11.8 Å². The van der Waals surface area contributed by atoms with Crippen LogP contribution in [0.2, 0.25) is 0 Å². The lowest BCUT2D eigenvalue weighted by molar-refractivity contribution is -0.146. The normalized spacial score (nSPS) is 15.3. The highest BCUT2D eigenvalue weighted by atomic mass is 16.6. The number of ether oxygens (including phenoxy) is 12. The van der Waals surface area contributed by atoms with Gasteiger partial charge in [0.1, 0.15) is 12.6 Å². The fraction of sp³-hybridized carbons (Fsp3) is 0.711. The van der Waals surface area contributed by atoms with Gasteiger partial charge in [0.15, 0.2) is 0 Å². The molecule has 2 heterocycles. The summed E-state index contributed by atoms with van der Waals surface area (Å²) in [5.41, 5.74) is 0.893. The largest absolute Gasteiger partial charge is 0.467 e. The molecule has 1 atom stereocenters. The molecule has 58 heavy (non-hydrogen) atoms. The Labute approximate surface area is 338 Å². The number of hydrogen-bond donors (Lipinski definition) is 2. The summed E-state index contributed by atoms with van der Waals surface area (Å²) in [6.45, 7) is 9.24. The molecule has 2 aliphatic rings. The van der Waals surface area contributed by atoms with Gasteiger partial charge < -0.3 is 62.2 Å². The van der Waals surface area contributed by atoms with Crippen molar-refractivity contribution >= 4 is 35.3 Å². The third-order valence-electron chi connectivity index (χ3n) is 8.20. The van der Waals surface area contributed by atoms with Crippen LogP contribution < -0.4 is 10.6 Å². The van der Waals surface area contributed by atoms with Crippen molar-refractivity contribution in [1.82, 2.24) is 10.2 Å². The zero-order chi connectivity index (χ0) is 41.5. The number of rotatable bonds is 37. The fourth-order valence-electron chi connectivity index (χ4n) is 5.33. The number of methoxy groups -OCH3 is 1. The third kappa shape index (κ3) is 19.9. The van der Waals surface area contributed by atoms with E-state index in [9.17, 15) is 24.0 Å². The maximum absolute atomic E-state index is 13.2. The molecule has 3 rings (SSSR count). The van der Waals surface area contributed by atoms with Crippen LogP contribution in [0.25, 0.3) is 0 Å². The Hall–Kier alpha value is -3.67. The van der Waals surface area contributed by atoms with Gasteiger partial charge in [-0.05, 0) is 18.6 Å². The molecule has 1 saturated heterocycles. The van der Waals surface area contributed by atoms with Crippen LogP contribution in [0.1, 0.15) is 33.6 Å². The Bertz CT molecular complexity index is 1350. The quantitative estimate of drug-likeness (QED) is 0.0506. The van der Waals surface area contributed by atoms with E-state index in [2.05, 4.69) is 15.4 Å². The number of benzene rings is 1. The molecule has 0 aliphatic carbocycles. The number of anilines is 1. The molecule has 0 bridgehead atoms. The standard InChI is InChI=1S/C38H59N3O17/c1-47-34(43)29-58-28-27-57-26-25-56-24-23-55-22-21-54-20-19-53-18-17-52-16-15-51-14-13-50-12-11-49-10-9-48-8-7-39-31-4-2-3-30-35(31)38(46)41(37(30)45)32-5-6-33(42)40-36(32)44/h2-4,32,39H,5-29H2,1H3,(H,40,42,44). The molecule has 0 saturated carbocycles. The van der Waals surface area contributed by atoms with Gasteiger partial charge in [-0.1, -0.05) is 6.07 Å². The first-order chi connectivity index (χ1) is 28.4. The summed E-state index contributed by atoms with van der Waals surface area (Å²) in [4.78, 5) is 61.7. The van der Waals surface area contributed by atoms with Gasteiger partial charge in [-0.15, -0.1) is 0 Å². The molecule has 0 spiro atoms. The molecule has 4 amide bonds.